The van der Waals surface area contributed by atoms with Crippen LogP contribution in [0.5, 0.6) is 5.75 Å². The third kappa shape index (κ3) is 6.28. The van der Waals surface area contributed by atoms with Crippen molar-refractivity contribution in [2.24, 2.45) is 5.41 Å². The van der Waals surface area contributed by atoms with Crippen LogP contribution in [0.3, 0.4) is 0 Å². The average molecular weight is 532 g/mol. The van der Waals surface area contributed by atoms with Crippen molar-refractivity contribution in [1.82, 2.24) is 14.9 Å². The van der Waals surface area contributed by atoms with Gasteiger partial charge in [-0.2, -0.15) is 0 Å². The molecular formula is C27H31ClFN3O3S. The first kappa shape index (κ1) is 26.6. The Morgan fingerprint density at radius 3 is 2.72 bits per heavy atom. The lowest BCUT2D eigenvalue weighted by Crippen LogP contribution is -2.44. The summed E-state index contributed by atoms with van der Waals surface area (Å²) < 4.78 is 20.9. The number of piperidine rings is 1. The number of halogens is 2. The zero-order chi connectivity index (χ0) is 25.5. The highest BCUT2D eigenvalue weighted by Crippen LogP contribution is 2.42. The Morgan fingerprint density at radius 2 is 2.03 bits per heavy atom. The topological polar surface area (TPSA) is 75.6 Å². The van der Waals surface area contributed by atoms with E-state index in [1.807, 2.05) is 12.1 Å². The number of hydrogen-bond acceptors (Lipinski definition) is 6. The van der Waals surface area contributed by atoms with Crippen molar-refractivity contribution in [3.63, 3.8) is 0 Å². The van der Waals surface area contributed by atoms with Crippen molar-refractivity contribution in [3.8, 4) is 5.75 Å². The molecule has 36 heavy (non-hydrogen) atoms. The standard InChI is InChI=1S/C27H31ClFN3O3S/c1-35-19-3-4-24-21(17-19)25(22(28)18-31-24)23(29)5-8-27(26(33)34)9-14-32(15-10-27)13-2-16-36-20-6-11-30-12-7-20/h3-4,6-7,11-12,17-18,23H,2,5,8-10,13-16H2,1H3,(H,33,34)/t23-/m0/s1. The lowest BCUT2D eigenvalue weighted by atomic mass is 9.74. The minimum Gasteiger partial charge on any atom is -0.497 e. The maximum atomic E-state index is 15.6. The fourth-order valence-corrected chi connectivity index (χ4v) is 5.94. The molecule has 1 aliphatic heterocycles. The largest absolute Gasteiger partial charge is 0.497 e. The van der Waals surface area contributed by atoms with Gasteiger partial charge in [0.1, 0.15) is 11.9 Å². The van der Waals surface area contributed by atoms with Crippen LogP contribution in [0, 0.1) is 5.41 Å². The molecule has 0 bridgehead atoms. The lowest BCUT2D eigenvalue weighted by Gasteiger charge is -2.39. The summed E-state index contributed by atoms with van der Waals surface area (Å²) in [4.78, 5) is 24.2. The van der Waals surface area contributed by atoms with Gasteiger partial charge in [-0.25, -0.2) is 4.39 Å². The van der Waals surface area contributed by atoms with Gasteiger partial charge in [-0.05, 0) is 87.8 Å². The molecule has 1 saturated heterocycles. The van der Waals surface area contributed by atoms with Gasteiger partial charge in [-0.15, -0.1) is 11.8 Å². The molecular weight excluding hydrogens is 501 g/mol. The Morgan fingerprint density at radius 1 is 1.28 bits per heavy atom. The van der Waals surface area contributed by atoms with Crippen LogP contribution in [0.15, 0.2) is 53.8 Å². The average Bonchev–Trinajstić information content (AvgIpc) is 2.90. The van der Waals surface area contributed by atoms with Crippen LogP contribution in [-0.2, 0) is 4.79 Å². The Bertz CT molecular complexity index is 1180. The Hall–Kier alpha value is -2.42. The number of alkyl halides is 1. The van der Waals surface area contributed by atoms with Crippen molar-refractivity contribution in [2.45, 2.75) is 43.2 Å². The molecule has 2 aromatic heterocycles. The second-order valence-corrected chi connectivity index (χ2v) is 10.8. The molecule has 0 unspecified atom stereocenters. The number of nitrogens with zero attached hydrogens (tertiary/aromatic N) is 3. The highest BCUT2D eigenvalue weighted by atomic mass is 35.5. The fourth-order valence-electron chi connectivity index (χ4n) is 4.85. The van der Waals surface area contributed by atoms with E-state index in [0.29, 0.717) is 48.1 Å². The number of likely N-dealkylation sites (tertiary alicyclic amines) is 1. The molecule has 192 valence electrons. The summed E-state index contributed by atoms with van der Waals surface area (Å²) in [5, 5.41) is 10.9. The molecule has 0 spiro atoms. The van der Waals surface area contributed by atoms with Crippen molar-refractivity contribution in [2.75, 3.05) is 32.5 Å². The van der Waals surface area contributed by atoms with E-state index >= 15 is 4.39 Å². The number of hydrogen-bond donors (Lipinski definition) is 1. The smallest absolute Gasteiger partial charge is 0.309 e. The highest BCUT2D eigenvalue weighted by molar-refractivity contribution is 7.99. The number of benzene rings is 1. The number of fused-ring (bicyclic) bond motifs is 1. The van der Waals surface area contributed by atoms with E-state index in [0.717, 1.165) is 18.7 Å². The monoisotopic (exact) mass is 531 g/mol. The van der Waals surface area contributed by atoms with E-state index < -0.39 is 17.6 Å². The number of carbonyl (C=O) groups is 1. The van der Waals surface area contributed by atoms with Crippen LogP contribution in [0.2, 0.25) is 5.02 Å². The summed E-state index contributed by atoms with van der Waals surface area (Å²) in [7, 11) is 1.55. The van der Waals surface area contributed by atoms with Gasteiger partial charge in [-0.1, -0.05) is 11.6 Å². The Balaban J connectivity index is 1.34. The molecule has 3 aromatic rings. The second-order valence-electron chi connectivity index (χ2n) is 9.22. The number of pyridine rings is 2. The first-order valence-electron chi connectivity index (χ1n) is 12.2. The zero-order valence-corrected chi connectivity index (χ0v) is 21.9. The van der Waals surface area contributed by atoms with Gasteiger partial charge >= 0.3 is 5.97 Å². The third-order valence-electron chi connectivity index (χ3n) is 7.06. The second kappa shape index (κ2) is 12.2. The number of carboxylic acid groups (broad SMARTS) is 1. The van der Waals surface area contributed by atoms with Crippen LogP contribution in [0.25, 0.3) is 10.9 Å². The molecule has 0 amide bonds. The summed E-state index contributed by atoms with van der Waals surface area (Å²) in [6.45, 7) is 2.35. The van der Waals surface area contributed by atoms with E-state index in [1.54, 1.807) is 49.5 Å². The maximum Gasteiger partial charge on any atom is 0.309 e. The Labute approximate surface area is 220 Å². The minimum absolute atomic E-state index is 0.0882. The fraction of sp³-hybridized carbons (Fsp3) is 0.444. The van der Waals surface area contributed by atoms with Gasteiger partial charge in [0.2, 0.25) is 0 Å². The SMILES string of the molecule is COc1ccc2ncc(Cl)c([C@@H](F)CCC3(C(=O)O)CCN(CCCSc4ccncc4)CC3)c2c1. The third-order valence-corrected chi connectivity index (χ3v) is 8.46. The van der Waals surface area contributed by atoms with E-state index in [2.05, 4.69) is 14.9 Å². The minimum atomic E-state index is -1.39. The van der Waals surface area contributed by atoms with Crippen LogP contribution in [-0.4, -0.2) is 58.4 Å². The van der Waals surface area contributed by atoms with Gasteiger partial charge < -0.3 is 14.7 Å². The van der Waals surface area contributed by atoms with Gasteiger partial charge in [0.15, 0.2) is 0 Å². The summed E-state index contributed by atoms with van der Waals surface area (Å²) in [6, 6.07) is 9.28. The molecule has 3 heterocycles. The molecule has 6 nitrogen and oxygen atoms in total. The normalized spacial score (nSPS) is 16.6. The van der Waals surface area contributed by atoms with Crippen LogP contribution >= 0.6 is 23.4 Å². The summed E-state index contributed by atoms with van der Waals surface area (Å²) in [6.07, 6.45) is 6.06. The maximum absolute atomic E-state index is 15.6. The Kier molecular flexibility index (Phi) is 9.04. The predicted octanol–water partition coefficient (Wildman–Crippen LogP) is 6.43. The summed E-state index contributed by atoms with van der Waals surface area (Å²) in [5.41, 5.74) is 0.0611. The molecule has 0 aliphatic carbocycles. The zero-order valence-electron chi connectivity index (χ0n) is 20.3. The van der Waals surface area contributed by atoms with Gasteiger partial charge in [-0.3, -0.25) is 14.8 Å². The number of aromatic nitrogens is 2. The van der Waals surface area contributed by atoms with Gasteiger partial charge in [0, 0.05) is 34.4 Å². The van der Waals surface area contributed by atoms with Crippen LogP contribution < -0.4 is 4.74 Å². The van der Waals surface area contributed by atoms with Crippen LogP contribution in [0.1, 0.15) is 43.8 Å². The molecule has 0 saturated carbocycles. The van der Waals surface area contributed by atoms with E-state index in [4.69, 9.17) is 16.3 Å². The molecule has 1 aromatic carbocycles. The summed E-state index contributed by atoms with van der Waals surface area (Å²) >= 11 is 8.16. The van der Waals surface area contributed by atoms with Crippen molar-refractivity contribution < 1.29 is 19.0 Å². The molecule has 1 fully saturated rings. The van der Waals surface area contributed by atoms with Crippen LogP contribution in [0.4, 0.5) is 4.39 Å². The quantitative estimate of drug-likeness (QED) is 0.225. The van der Waals surface area contributed by atoms with Crippen molar-refractivity contribution >= 4 is 40.2 Å². The molecule has 0 radical (unpaired) electrons. The number of ether oxygens (including phenoxy) is 1. The first-order valence-corrected chi connectivity index (χ1v) is 13.5. The number of aliphatic carboxylic acids is 1. The van der Waals surface area contributed by atoms with Gasteiger partial charge in [0.25, 0.3) is 0 Å². The number of methoxy groups -OCH3 is 1. The van der Waals surface area contributed by atoms with Gasteiger partial charge in [0.05, 0.1) is 23.1 Å². The number of carboxylic acids is 1. The number of thioether (sulfide) groups is 1. The molecule has 4 rings (SSSR count). The number of rotatable bonds is 11. The summed E-state index contributed by atoms with van der Waals surface area (Å²) in [5.74, 6) is 0.753. The molecule has 1 N–H and O–H groups in total. The highest BCUT2D eigenvalue weighted by Gasteiger charge is 2.41. The van der Waals surface area contributed by atoms with E-state index in [1.165, 1.54) is 11.1 Å². The van der Waals surface area contributed by atoms with E-state index in [-0.39, 0.29) is 17.9 Å². The molecule has 1 aliphatic rings. The first-order chi connectivity index (χ1) is 17.4. The molecule has 9 heteroatoms. The van der Waals surface area contributed by atoms with Crippen molar-refractivity contribution in [3.05, 3.63) is 59.5 Å². The van der Waals surface area contributed by atoms with E-state index in [9.17, 15) is 9.90 Å². The predicted molar refractivity (Wildman–Crippen MR) is 142 cm³/mol. The molecule has 1 atom stereocenters. The van der Waals surface area contributed by atoms with Crippen molar-refractivity contribution in [1.29, 1.82) is 0 Å². The lowest BCUT2D eigenvalue weighted by molar-refractivity contribution is -0.153.